The Morgan fingerprint density at radius 2 is 2.00 bits per heavy atom. The van der Waals surface area contributed by atoms with Crippen molar-refractivity contribution in [3.63, 3.8) is 0 Å². The number of carbonyl (C=O) groups excluding carboxylic acids is 1. The second kappa shape index (κ2) is 6.64. The van der Waals surface area contributed by atoms with Gasteiger partial charge in [-0.05, 0) is 6.07 Å². The van der Waals surface area contributed by atoms with Crippen LogP contribution in [0.5, 0.6) is 0 Å². The molecule has 1 aromatic rings. The Bertz CT molecular complexity index is 482. The van der Waals surface area contributed by atoms with E-state index in [0.29, 0.717) is 6.07 Å². The zero-order chi connectivity index (χ0) is 14.4. The van der Waals surface area contributed by atoms with Crippen LogP contribution in [0, 0.1) is 11.6 Å². The lowest BCUT2D eigenvalue weighted by Gasteiger charge is -2.12. The van der Waals surface area contributed by atoms with Gasteiger partial charge < -0.3 is 20.8 Å². The molecule has 0 saturated heterocycles. The fraction of sp³-hybridized carbons (Fsp3) is 0.273. The summed E-state index contributed by atoms with van der Waals surface area (Å²) in [5.41, 5.74) is 0.0485. The zero-order valence-corrected chi connectivity index (χ0v) is 9.69. The molecule has 1 rings (SSSR count). The quantitative estimate of drug-likeness (QED) is 0.617. The van der Waals surface area contributed by atoms with Gasteiger partial charge in [0.05, 0.1) is 6.61 Å². The first-order chi connectivity index (χ1) is 8.93. The molecule has 6 nitrogen and oxygen atoms in total. The predicted octanol–water partition coefficient (Wildman–Crippen LogP) is 0.210. The van der Waals surface area contributed by atoms with Crippen molar-refractivity contribution < 1.29 is 28.6 Å². The summed E-state index contributed by atoms with van der Waals surface area (Å²) in [6.07, 6.45) is 0. The third-order valence-corrected chi connectivity index (χ3v) is 2.24. The largest absolute Gasteiger partial charge is 0.480 e. The number of aliphatic hydroxyl groups excluding tert-OH is 1. The molecule has 0 spiro atoms. The van der Waals surface area contributed by atoms with Crippen LogP contribution in [-0.2, 0) is 11.3 Å². The van der Waals surface area contributed by atoms with E-state index in [9.17, 15) is 18.4 Å². The van der Waals surface area contributed by atoms with Crippen LogP contribution in [0.25, 0.3) is 0 Å². The van der Waals surface area contributed by atoms with Gasteiger partial charge in [-0.3, -0.25) is 0 Å². The fourth-order valence-corrected chi connectivity index (χ4v) is 1.24. The first kappa shape index (κ1) is 14.8. The van der Waals surface area contributed by atoms with Crippen LogP contribution in [0.15, 0.2) is 18.2 Å². The van der Waals surface area contributed by atoms with Crippen molar-refractivity contribution in [1.29, 1.82) is 0 Å². The Morgan fingerprint density at radius 3 is 2.53 bits per heavy atom. The van der Waals surface area contributed by atoms with Crippen molar-refractivity contribution in [3.05, 3.63) is 35.4 Å². The van der Waals surface area contributed by atoms with Crippen LogP contribution in [0.3, 0.4) is 0 Å². The first-order valence-corrected chi connectivity index (χ1v) is 5.26. The molecular weight excluding hydrogens is 262 g/mol. The van der Waals surface area contributed by atoms with Crippen molar-refractivity contribution in [2.24, 2.45) is 0 Å². The summed E-state index contributed by atoms with van der Waals surface area (Å²) in [6, 6.07) is 0.531. The van der Waals surface area contributed by atoms with E-state index >= 15 is 0 Å². The zero-order valence-electron chi connectivity index (χ0n) is 9.69. The maximum absolute atomic E-state index is 13.2. The molecule has 1 aromatic carbocycles. The highest BCUT2D eigenvalue weighted by atomic mass is 19.1. The minimum absolute atomic E-state index is 0.0485. The highest BCUT2D eigenvalue weighted by Crippen LogP contribution is 2.08. The molecular formula is C11H12F2N2O4. The standard InChI is InChI=1S/C11H12F2N2O4/c12-7-2-1-6(8(13)3-7)4-14-11(19)15-9(5-16)10(17)18/h1-3,9,16H,4-5H2,(H,17,18)(H2,14,15,19). The number of amides is 2. The Labute approximate surface area is 107 Å². The van der Waals surface area contributed by atoms with Crippen molar-refractivity contribution in [3.8, 4) is 0 Å². The van der Waals surface area contributed by atoms with Gasteiger partial charge in [-0.25, -0.2) is 18.4 Å². The van der Waals surface area contributed by atoms with Gasteiger partial charge in [-0.1, -0.05) is 6.07 Å². The number of nitrogens with one attached hydrogen (secondary N) is 2. The van der Waals surface area contributed by atoms with Crippen molar-refractivity contribution in [2.45, 2.75) is 12.6 Å². The number of hydrogen-bond donors (Lipinski definition) is 4. The number of halogens is 2. The molecule has 2 amide bonds. The number of rotatable bonds is 5. The summed E-state index contributed by atoms with van der Waals surface area (Å²) in [5, 5.41) is 21.4. The minimum Gasteiger partial charge on any atom is -0.480 e. The Hall–Kier alpha value is -2.22. The molecule has 0 aliphatic rings. The van der Waals surface area contributed by atoms with Crippen molar-refractivity contribution in [1.82, 2.24) is 10.6 Å². The average molecular weight is 274 g/mol. The molecule has 0 aromatic heterocycles. The second-order valence-electron chi connectivity index (χ2n) is 3.64. The number of benzene rings is 1. The molecule has 1 atom stereocenters. The molecule has 0 fully saturated rings. The van der Waals surface area contributed by atoms with Crippen LogP contribution >= 0.6 is 0 Å². The number of aliphatic hydroxyl groups is 1. The van der Waals surface area contributed by atoms with E-state index in [1.807, 2.05) is 5.32 Å². The Balaban J connectivity index is 2.52. The van der Waals surface area contributed by atoms with E-state index < -0.39 is 36.3 Å². The van der Waals surface area contributed by atoms with Gasteiger partial charge in [0, 0.05) is 18.2 Å². The molecule has 0 aliphatic heterocycles. The van der Waals surface area contributed by atoms with Gasteiger partial charge in [0.15, 0.2) is 6.04 Å². The van der Waals surface area contributed by atoms with Gasteiger partial charge in [0.1, 0.15) is 11.6 Å². The van der Waals surface area contributed by atoms with E-state index in [1.165, 1.54) is 0 Å². The maximum Gasteiger partial charge on any atom is 0.328 e. The summed E-state index contributed by atoms with van der Waals surface area (Å²) >= 11 is 0. The molecule has 19 heavy (non-hydrogen) atoms. The van der Waals surface area contributed by atoms with E-state index in [1.54, 1.807) is 0 Å². The summed E-state index contributed by atoms with van der Waals surface area (Å²) in [5.74, 6) is -2.96. The summed E-state index contributed by atoms with van der Waals surface area (Å²) in [7, 11) is 0. The highest BCUT2D eigenvalue weighted by Gasteiger charge is 2.18. The molecule has 0 aliphatic carbocycles. The lowest BCUT2D eigenvalue weighted by molar-refractivity contribution is -0.140. The summed E-state index contributed by atoms with van der Waals surface area (Å²) in [4.78, 5) is 21.8. The molecule has 1 unspecified atom stereocenters. The van der Waals surface area contributed by atoms with E-state index in [4.69, 9.17) is 10.2 Å². The number of aliphatic carboxylic acids is 1. The van der Waals surface area contributed by atoms with E-state index in [0.717, 1.165) is 12.1 Å². The van der Waals surface area contributed by atoms with Crippen LogP contribution in [-0.4, -0.2) is 34.9 Å². The molecule has 104 valence electrons. The average Bonchev–Trinajstić information content (AvgIpc) is 2.34. The van der Waals surface area contributed by atoms with Crippen LogP contribution in [0.1, 0.15) is 5.56 Å². The summed E-state index contributed by atoms with van der Waals surface area (Å²) in [6.45, 7) is -1.01. The van der Waals surface area contributed by atoms with Crippen LogP contribution < -0.4 is 10.6 Å². The van der Waals surface area contributed by atoms with Crippen LogP contribution in [0.2, 0.25) is 0 Å². The van der Waals surface area contributed by atoms with Gasteiger partial charge in [-0.15, -0.1) is 0 Å². The smallest absolute Gasteiger partial charge is 0.328 e. The Morgan fingerprint density at radius 1 is 1.32 bits per heavy atom. The monoisotopic (exact) mass is 274 g/mol. The normalized spacial score (nSPS) is 11.7. The van der Waals surface area contributed by atoms with Gasteiger partial charge in [0.25, 0.3) is 0 Å². The first-order valence-electron chi connectivity index (χ1n) is 5.26. The van der Waals surface area contributed by atoms with E-state index in [2.05, 4.69) is 5.32 Å². The van der Waals surface area contributed by atoms with Crippen molar-refractivity contribution in [2.75, 3.05) is 6.61 Å². The number of carboxylic acids is 1. The van der Waals surface area contributed by atoms with E-state index in [-0.39, 0.29) is 12.1 Å². The maximum atomic E-state index is 13.2. The lowest BCUT2D eigenvalue weighted by Crippen LogP contribution is -2.47. The second-order valence-corrected chi connectivity index (χ2v) is 3.64. The predicted molar refractivity (Wildman–Crippen MR) is 60.2 cm³/mol. The number of hydrogen-bond acceptors (Lipinski definition) is 3. The lowest BCUT2D eigenvalue weighted by atomic mass is 10.2. The minimum atomic E-state index is -1.45. The van der Waals surface area contributed by atoms with Gasteiger partial charge in [-0.2, -0.15) is 0 Å². The topological polar surface area (TPSA) is 98.7 Å². The molecule has 0 saturated carbocycles. The molecule has 4 N–H and O–H groups in total. The van der Waals surface area contributed by atoms with Crippen molar-refractivity contribution >= 4 is 12.0 Å². The molecule has 0 bridgehead atoms. The molecule has 8 heteroatoms. The SMILES string of the molecule is O=C(NCc1ccc(F)cc1F)NC(CO)C(=O)O. The highest BCUT2D eigenvalue weighted by molar-refractivity contribution is 5.82. The number of urea groups is 1. The number of carboxylic acid groups (broad SMARTS) is 1. The van der Waals surface area contributed by atoms with Gasteiger partial charge >= 0.3 is 12.0 Å². The Kier molecular flexibility index (Phi) is 5.19. The number of carbonyl (C=O) groups is 2. The summed E-state index contributed by atoms with van der Waals surface area (Å²) < 4.78 is 25.8. The third-order valence-electron chi connectivity index (χ3n) is 2.24. The third kappa shape index (κ3) is 4.51. The molecule has 0 heterocycles. The van der Waals surface area contributed by atoms with Crippen LogP contribution in [0.4, 0.5) is 13.6 Å². The van der Waals surface area contributed by atoms with Gasteiger partial charge in [0.2, 0.25) is 0 Å². The molecule has 0 radical (unpaired) electrons. The fourth-order valence-electron chi connectivity index (χ4n) is 1.24.